The lowest BCUT2D eigenvalue weighted by Crippen LogP contribution is -2.31. The van der Waals surface area contributed by atoms with Crippen molar-refractivity contribution in [1.29, 1.82) is 0 Å². The van der Waals surface area contributed by atoms with Gasteiger partial charge in [-0.25, -0.2) is 0 Å². The quantitative estimate of drug-likeness (QED) is 0.319. The number of hydrogen-bond acceptors (Lipinski definition) is 4. The topological polar surface area (TPSA) is 99.2 Å². The Morgan fingerprint density at radius 3 is 2.47 bits per heavy atom. The lowest BCUT2D eigenvalue weighted by Gasteiger charge is -2.26. The van der Waals surface area contributed by atoms with E-state index >= 15 is 0 Å². The SMILES string of the molecule is CC(=O)Nc1cccc2c1c(C1=C(c3c[nH]c4ccccc34)C(=O)NC1=O)cn2CCCN1CCCCC1. The molecule has 2 aromatic carbocycles. The molecule has 2 aliphatic heterocycles. The lowest BCUT2D eigenvalue weighted by molar-refractivity contribution is -0.122. The third-order valence-corrected chi connectivity index (χ3v) is 7.60. The van der Waals surface area contributed by atoms with Gasteiger partial charge in [-0.15, -0.1) is 0 Å². The zero-order valence-corrected chi connectivity index (χ0v) is 21.5. The minimum absolute atomic E-state index is 0.195. The Morgan fingerprint density at radius 2 is 1.68 bits per heavy atom. The maximum absolute atomic E-state index is 13.3. The molecule has 0 radical (unpaired) electrons. The molecule has 0 atom stereocenters. The number of rotatable bonds is 7. The monoisotopic (exact) mass is 509 g/mol. The molecule has 2 aromatic heterocycles. The van der Waals surface area contributed by atoms with Crippen molar-refractivity contribution in [3.63, 3.8) is 0 Å². The Bertz CT molecular complexity index is 1600. The van der Waals surface area contributed by atoms with Crippen LogP contribution in [0.25, 0.3) is 33.0 Å². The number of imide groups is 1. The van der Waals surface area contributed by atoms with Crippen molar-refractivity contribution < 1.29 is 14.4 Å². The summed E-state index contributed by atoms with van der Waals surface area (Å²) >= 11 is 0. The van der Waals surface area contributed by atoms with Gasteiger partial charge in [-0.2, -0.15) is 0 Å². The van der Waals surface area contributed by atoms with Crippen LogP contribution in [0.15, 0.2) is 54.9 Å². The number of anilines is 1. The molecule has 4 aromatic rings. The Kier molecular flexibility index (Phi) is 6.33. The van der Waals surface area contributed by atoms with Gasteiger partial charge in [-0.1, -0.05) is 30.7 Å². The second kappa shape index (κ2) is 9.95. The summed E-state index contributed by atoms with van der Waals surface area (Å²) in [6.07, 6.45) is 8.53. The number of piperidine rings is 1. The van der Waals surface area contributed by atoms with Gasteiger partial charge < -0.3 is 19.8 Å². The van der Waals surface area contributed by atoms with Crippen molar-refractivity contribution in [3.05, 3.63) is 66.0 Å². The van der Waals surface area contributed by atoms with Crippen LogP contribution < -0.4 is 10.6 Å². The first kappa shape index (κ1) is 24.2. The fourth-order valence-electron chi connectivity index (χ4n) is 5.92. The number of nitrogens with one attached hydrogen (secondary N) is 3. The van der Waals surface area contributed by atoms with Crippen molar-refractivity contribution in [2.75, 3.05) is 25.0 Å². The Labute approximate surface area is 220 Å². The zero-order valence-electron chi connectivity index (χ0n) is 21.5. The molecule has 2 aliphatic rings. The summed E-state index contributed by atoms with van der Waals surface area (Å²) < 4.78 is 2.15. The van der Waals surface area contributed by atoms with Crippen molar-refractivity contribution in [2.24, 2.45) is 0 Å². The van der Waals surface area contributed by atoms with E-state index in [4.69, 9.17) is 0 Å². The van der Waals surface area contributed by atoms with Gasteiger partial charge in [-0.05, 0) is 57.1 Å². The Morgan fingerprint density at radius 1 is 0.921 bits per heavy atom. The normalized spacial score (nSPS) is 16.6. The number of carbonyl (C=O) groups is 3. The molecule has 0 spiro atoms. The number of aromatic amines is 1. The third kappa shape index (κ3) is 4.31. The van der Waals surface area contributed by atoms with E-state index < -0.39 is 11.8 Å². The minimum atomic E-state index is -0.430. The highest BCUT2D eigenvalue weighted by Crippen LogP contribution is 2.40. The molecule has 3 amide bonds. The number of amides is 3. The number of fused-ring (bicyclic) bond motifs is 2. The molecular weight excluding hydrogens is 478 g/mol. The third-order valence-electron chi connectivity index (χ3n) is 7.60. The van der Waals surface area contributed by atoms with Crippen molar-refractivity contribution in [3.8, 4) is 0 Å². The van der Waals surface area contributed by atoms with Crippen LogP contribution in [-0.2, 0) is 20.9 Å². The second-order valence-corrected chi connectivity index (χ2v) is 10.2. The van der Waals surface area contributed by atoms with Gasteiger partial charge in [-0.3, -0.25) is 19.7 Å². The Balaban J connectivity index is 1.49. The second-order valence-electron chi connectivity index (χ2n) is 10.2. The van der Waals surface area contributed by atoms with E-state index in [1.54, 1.807) is 6.20 Å². The number of H-pyrrole nitrogens is 1. The molecule has 0 bridgehead atoms. The van der Waals surface area contributed by atoms with Crippen molar-refractivity contribution in [1.82, 2.24) is 19.8 Å². The molecule has 194 valence electrons. The van der Waals surface area contributed by atoms with Crippen LogP contribution in [0.3, 0.4) is 0 Å². The standard InChI is InChI=1S/C30H31N5O3/c1-19(36)32-24-11-7-12-25-26(24)22(18-35(25)16-8-15-34-13-5-2-6-14-34)28-27(29(37)33-30(28)38)21-17-31-23-10-4-3-9-20(21)23/h3-4,7,9-12,17-18,31H,2,5-6,8,13-16H2,1H3,(H,32,36)(H,33,37,38). The Hall–Kier alpha value is -4.17. The summed E-state index contributed by atoms with van der Waals surface area (Å²) in [5.41, 5.74) is 4.43. The number of benzene rings is 2. The number of aromatic nitrogens is 2. The van der Waals surface area contributed by atoms with E-state index in [-0.39, 0.29) is 5.91 Å². The zero-order chi connectivity index (χ0) is 26.2. The largest absolute Gasteiger partial charge is 0.361 e. The van der Waals surface area contributed by atoms with Gasteiger partial charge in [0, 0.05) is 53.3 Å². The molecule has 8 nitrogen and oxygen atoms in total. The summed E-state index contributed by atoms with van der Waals surface area (Å²) in [5.74, 6) is -1.04. The maximum atomic E-state index is 13.3. The fraction of sp³-hybridized carbons (Fsp3) is 0.300. The molecule has 0 saturated carbocycles. The summed E-state index contributed by atoms with van der Waals surface area (Å²) in [5, 5.41) is 7.09. The van der Waals surface area contributed by atoms with E-state index in [1.165, 1.54) is 26.2 Å². The van der Waals surface area contributed by atoms with Crippen LogP contribution in [0.5, 0.6) is 0 Å². The summed E-state index contributed by atoms with van der Waals surface area (Å²) in [4.78, 5) is 44.3. The highest BCUT2D eigenvalue weighted by molar-refractivity contribution is 6.51. The molecule has 38 heavy (non-hydrogen) atoms. The molecule has 0 aliphatic carbocycles. The number of para-hydroxylation sites is 1. The summed E-state index contributed by atoms with van der Waals surface area (Å²) in [7, 11) is 0. The highest BCUT2D eigenvalue weighted by Gasteiger charge is 2.35. The van der Waals surface area contributed by atoms with E-state index in [2.05, 4.69) is 25.1 Å². The van der Waals surface area contributed by atoms with Crippen LogP contribution in [-0.4, -0.2) is 51.8 Å². The number of hydrogen-bond donors (Lipinski definition) is 3. The van der Waals surface area contributed by atoms with Crippen LogP contribution >= 0.6 is 0 Å². The molecular formula is C30H31N5O3. The van der Waals surface area contributed by atoms with Gasteiger partial charge in [0.15, 0.2) is 0 Å². The highest BCUT2D eigenvalue weighted by atomic mass is 16.2. The van der Waals surface area contributed by atoms with Crippen molar-refractivity contribution >= 4 is 56.4 Å². The van der Waals surface area contributed by atoms with Crippen LogP contribution in [0, 0.1) is 0 Å². The average Bonchev–Trinajstić information content (AvgIpc) is 3.57. The summed E-state index contributed by atoms with van der Waals surface area (Å²) in [6, 6.07) is 13.5. The van der Waals surface area contributed by atoms with Crippen LogP contribution in [0.1, 0.15) is 43.7 Å². The first-order valence-electron chi connectivity index (χ1n) is 13.3. The van der Waals surface area contributed by atoms with Crippen LogP contribution in [0.4, 0.5) is 5.69 Å². The number of aryl methyl sites for hydroxylation is 1. The number of carbonyl (C=O) groups excluding carboxylic acids is 3. The lowest BCUT2D eigenvalue weighted by atomic mass is 9.95. The van der Waals surface area contributed by atoms with Gasteiger partial charge in [0.2, 0.25) is 5.91 Å². The van der Waals surface area contributed by atoms with E-state index in [9.17, 15) is 14.4 Å². The van der Waals surface area contributed by atoms with Gasteiger partial charge in [0.05, 0.1) is 22.4 Å². The predicted molar refractivity (Wildman–Crippen MR) is 149 cm³/mol. The first-order chi connectivity index (χ1) is 18.5. The molecule has 1 fully saturated rings. The number of nitrogens with zero attached hydrogens (tertiary/aromatic N) is 2. The molecule has 1 saturated heterocycles. The number of likely N-dealkylation sites (tertiary alicyclic amines) is 1. The van der Waals surface area contributed by atoms with Gasteiger partial charge in [0.1, 0.15) is 0 Å². The molecule has 0 unspecified atom stereocenters. The average molecular weight is 510 g/mol. The van der Waals surface area contributed by atoms with E-state index in [1.807, 2.05) is 48.7 Å². The maximum Gasteiger partial charge on any atom is 0.259 e. The van der Waals surface area contributed by atoms with E-state index in [0.29, 0.717) is 28.0 Å². The molecule has 3 N–H and O–H groups in total. The van der Waals surface area contributed by atoms with E-state index in [0.717, 1.165) is 54.4 Å². The molecule has 4 heterocycles. The predicted octanol–water partition coefficient (Wildman–Crippen LogP) is 4.52. The van der Waals surface area contributed by atoms with Gasteiger partial charge in [0.25, 0.3) is 11.8 Å². The summed E-state index contributed by atoms with van der Waals surface area (Å²) in [6.45, 7) is 5.54. The fourth-order valence-corrected chi connectivity index (χ4v) is 5.92. The minimum Gasteiger partial charge on any atom is -0.361 e. The van der Waals surface area contributed by atoms with Crippen LogP contribution in [0.2, 0.25) is 0 Å². The smallest absolute Gasteiger partial charge is 0.259 e. The first-order valence-corrected chi connectivity index (χ1v) is 13.3. The molecule has 8 heteroatoms. The molecule has 6 rings (SSSR count). The van der Waals surface area contributed by atoms with Crippen molar-refractivity contribution in [2.45, 2.75) is 39.2 Å². The van der Waals surface area contributed by atoms with Gasteiger partial charge >= 0.3 is 0 Å².